The van der Waals surface area contributed by atoms with Crippen molar-refractivity contribution in [1.82, 2.24) is 0 Å². The van der Waals surface area contributed by atoms with Gasteiger partial charge < -0.3 is 33.8 Å². The third-order valence-corrected chi connectivity index (χ3v) is 19.2. The summed E-state index contributed by atoms with van der Waals surface area (Å²) in [6.07, 6.45) is 58.9. The van der Waals surface area contributed by atoms with Crippen LogP contribution >= 0.6 is 15.6 Å². The van der Waals surface area contributed by atoms with Crippen molar-refractivity contribution < 1.29 is 80.2 Å². The number of hydrogen-bond acceptors (Lipinski definition) is 15. The van der Waals surface area contributed by atoms with Crippen molar-refractivity contribution in [3.8, 4) is 0 Å². The van der Waals surface area contributed by atoms with E-state index < -0.39 is 97.5 Å². The molecule has 0 spiro atoms. The number of carbonyl (C=O) groups excluding carboxylic acids is 4. The molecule has 0 saturated heterocycles. The minimum Gasteiger partial charge on any atom is -0.462 e. The first-order valence-electron chi connectivity index (χ1n) is 38.5. The Morgan fingerprint density at radius 2 is 0.596 bits per heavy atom. The molecule has 0 aliphatic heterocycles. The summed E-state index contributed by atoms with van der Waals surface area (Å²) in [6.45, 7) is 7.23. The Morgan fingerprint density at radius 3 is 0.904 bits per heavy atom. The van der Waals surface area contributed by atoms with E-state index in [1.165, 1.54) is 173 Å². The molecule has 554 valence electrons. The molecule has 0 aromatic rings. The number of ether oxygens (including phenoxy) is 4. The van der Waals surface area contributed by atoms with Crippen molar-refractivity contribution >= 4 is 39.5 Å². The molecule has 3 unspecified atom stereocenters. The van der Waals surface area contributed by atoms with Gasteiger partial charge in [0, 0.05) is 25.7 Å². The molecule has 19 heteroatoms. The van der Waals surface area contributed by atoms with Gasteiger partial charge in [-0.3, -0.25) is 37.3 Å². The van der Waals surface area contributed by atoms with E-state index in [1.54, 1.807) is 0 Å². The molecule has 0 rings (SSSR count). The van der Waals surface area contributed by atoms with E-state index in [0.29, 0.717) is 25.7 Å². The van der Waals surface area contributed by atoms with Crippen molar-refractivity contribution in [1.29, 1.82) is 0 Å². The molecule has 94 heavy (non-hydrogen) atoms. The second-order valence-electron chi connectivity index (χ2n) is 26.6. The van der Waals surface area contributed by atoms with E-state index in [-0.39, 0.29) is 25.7 Å². The lowest BCUT2D eigenvalue weighted by Crippen LogP contribution is -2.30. The fourth-order valence-electron chi connectivity index (χ4n) is 11.0. The summed E-state index contributed by atoms with van der Waals surface area (Å²) in [5, 5.41) is 10.6. The number of phosphoric acid groups is 2. The summed E-state index contributed by atoms with van der Waals surface area (Å²) in [5.74, 6) is -1.34. The van der Waals surface area contributed by atoms with Crippen LogP contribution in [0, 0.1) is 5.92 Å². The van der Waals surface area contributed by atoms with Crippen LogP contribution in [-0.4, -0.2) is 96.7 Å². The molecular formula is C75H142O17P2. The Labute approximate surface area is 573 Å². The number of hydrogen-bond donors (Lipinski definition) is 3. The fourth-order valence-corrected chi connectivity index (χ4v) is 12.5. The second-order valence-corrected chi connectivity index (χ2v) is 29.5. The van der Waals surface area contributed by atoms with Crippen LogP contribution in [0.5, 0.6) is 0 Å². The monoisotopic (exact) mass is 1380 g/mol. The number of phosphoric ester groups is 2. The fraction of sp³-hybridized carbons (Fsp3) is 0.893. The average Bonchev–Trinajstić information content (AvgIpc) is 1.32. The van der Waals surface area contributed by atoms with E-state index >= 15 is 0 Å². The molecule has 0 heterocycles. The first-order chi connectivity index (χ1) is 45.6. The molecule has 0 aromatic carbocycles. The molecule has 0 aliphatic carbocycles. The van der Waals surface area contributed by atoms with Crippen LogP contribution in [0.1, 0.15) is 369 Å². The lowest BCUT2D eigenvalue weighted by atomic mass is 9.99. The first kappa shape index (κ1) is 91.5. The maximum Gasteiger partial charge on any atom is 0.472 e. The number of esters is 4. The Balaban J connectivity index is 5.28. The molecule has 0 saturated carbocycles. The number of rotatable bonds is 73. The van der Waals surface area contributed by atoms with Crippen molar-refractivity contribution in [3.63, 3.8) is 0 Å². The maximum absolute atomic E-state index is 13.1. The topological polar surface area (TPSA) is 237 Å². The van der Waals surface area contributed by atoms with Crippen LogP contribution in [0.3, 0.4) is 0 Å². The highest BCUT2D eigenvalue weighted by atomic mass is 31.2. The quantitative estimate of drug-likeness (QED) is 0.0169. The SMILES string of the molecule is CCCCCC/C=C\C=C/CCCCCCCC(=O)OC[C@H](COP(=O)(O)OC[C@@H](O)COP(=O)(O)OC[C@@H](COC(=O)CCCCCCCCCCC)OC(=O)CCCCCCCCCCCCC(C)CC)OC(=O)CCCCCCCCCCCCCCCCCC. The molecule has 0 aromatic heterocycles. The van der Waals surface area contributed by atoms with Crippen LogP contribution in [0.4, 0.5) is 0 Å². The van der Waals surface area contributed by atoms with Crippen LogP contribution in [0.25, 0.3) is 0 Å². The summed E-state index contributed by atoms with van der Waals surface area (Å²) in [4.78, 5) is 72.7. The minimum absolute atomic E-state index is 0.102. The van der Waals surface area contributed by atoms with E-state index in [4.69, 9.17) is 37.0 Å². The van der Waals surface area contributed by atoms with Gasteiger partial charge in [-0.15, -0.1) is 0 Å². The van der Waals surface area contributed by atoms with E-state index in [2.05, 4.69) is 58.9 Å². The summed E-state index contributed by atoms with van der Waals surface area (Å²) in [6, 6.07) is 0. The van der Waals surface area contributed by atoms with Crippen LogP contribution in [-0.2, 0) is 65.4 Å². The van der Waals surface area contributed by atoms with Crippen molar-refractivity contribution in [3.05, 3.63) is 24.3 Å². The van der Waals surface area contributed by atoms with E-state index in [1.807, 2.05) is 0 Å². The van der Waals surface area contributed by atoms with Gasteiger partial charge in [-0.05, 0) is 57.3 Å². The highest BCUT2D eigenvalue weighted by Crippen LogP contribution is 2.45. The predicted molar refractivity (Wildman–Crippen MR) is 381 cm³/mol. The largest absolute Gasteiger partial charge is 0.472 e. The normalized spacial score (nSPS) is 14.4. The molecule has 17 nitrogen and oxygen atoms in total. The second kappa shape index (κ2) is 67.7. The van der Waals surface area contributed by atoms with Crippen molar-refractivity contribution in [2.75, 3.05) is 39.6 Å². The van der Waals surface area contributed by atoms with Gasteiger partial charge in [-0.1, -0.05) is 316 Å². The van der Waals surface area contributed by atoms with Crippen molar-refractivity contribution in [2.24, 2.45) is 5.92 Å². The van der Waals surface area contributed by atoms with E-state index in [9.17, 15) is 43.2 Å². The maximum atomic E-state index is 13.1. The molecule has 6 atom stereocenters. The van der Waals surface area contributed by atoms with Gasteiger partial charge in [0.1, 0.15) is 19.3 Å². The molecule has 0 fully saturated rings. The molecule has 0 aliphatic rings. The zero-order valence-corrected chi connectivity index (χ0v) is 62.4. The number of aliphatic hydroxyl groups is 1. The van der Waals surface area contributed by atoms with Crippen LogP contribution < -0.4 is 0 Å². The van der Waals surface area contributed by atoms with Crippen LogP contribution in [0.15, 0.2) is 24.3 Å². The number of allylic oxidation sites excluding steroid dienone is 4. The third kappa shape index (κ3) is 66.8. The zero-order chi connectivity index (χ0) is 69.1. The lowest BCUT2D eigenvalue weighted by Gasteiger charge is -2.21. The first-order valence-corrected chi connectivity index (χ1v) is 41.5. The average molecular weight is 1380 g/mol. The predicted octanol–water partition coefficient (Wildman–Crippen LogP) is 21.6. The number of carbonyl (C=O) groups is 4. The zero-order valence-electron chi connectivity index (χ0n) is 60.6. The highest BCUT2D eigenvalue weighted by Gasteiger charge is 2.30. The summed E-state index contributed by atoms with van der Waals surface area (Å²) >= 11 is 0. The van der Waals surface area contributed by atoms with E-state index in [0.717, 1.165) is 115 Å². The third-order valence-electron chi connectivity index (χ3n) is 17.3. The summed E-state index contributed by atoms with van der Waals surface area (Å²) in [7, 11) is -9.92. The molecular weight excluding hydrogens is 1230 g/mol. The highest BCUT2D eigenvalue weighted by molar-refractivity contribution is 7.47. The van der Waals surface area contributed by atoms with Gasteiger partial charge in [-0.2, -0.15) is 0 Å². The van der Waals surface area contributed by atoms with Gasteiger partial charge in [0.05, 0.1) is 26.4 Å². The number of aliphatic hydroxyl groups excluding tert-OH is 1. The van der Waals surface area contributed by atoms with Gasteiger partial charge in [0.15, 0.2) is 12.2 Å². The van der Waals surface area contributed by atoms with Gasteiger partial charge >= 0.3 is 39.5 Å². The van der Waals surface area contributed by atoms with Gasteiger partial charge in [-0.25, -0.2) is 9.13 Å². The Kier molecular flexibility index (Phi) is 65.9. The summed E-state index contributed by atoms with van der Waals surface area (Å²) < 4.78 is 68.4. The van der Waals surface area contributed by atoms with Crippen LogP contribution in [0.2, 0.25) is 0 Å². The Bertz CT molecular complexity index is 1900. The van der Waals surface area contributed by atoms with Crippen molar-refractivity contribution in [2.45, 2.75) is 387 Å². The minimum atomic E-state index is -4.96. The molecule has 0 amide bonds. The summed E-state index contributed by atoms with van der Waals surface area (Å²) in [5.41, 5.74) is 0. The van der Waals surface area contributed by atoms with Gasteiger partial charge in [0.2, 0.25) is 0 Å². The standard InChI is InChI=1S/C75H142O17P2/c1-6-10-13-16-19-22-24-26-28-30-32-34-40-45-50-55-60-74(79)91-71(65-86-73(78)59-54-49-44-39-33-31-29-27-25-23-20-17-14-11-7-2)67-90-94(83,84)88-63-69(76)62-87-93(81,82)89-66-70(64-85-72(77)58-53-48-43-37-21-18-15-12-8-3)92-75(80)61-56-51-46-41-36-35-38-42-47-52-57-68(5)9-4/h23,25,27,29,68-71,76H,6-22,24,26,28,30-67H2,1-5H3,(H,81,82)(H,83,84)/b25-23-,29-27-/t68?,69-,70+,71+/m0/s1. The molecule has 0 bridgehead atoms. The Morgan fingerprint density at radius 1 is 0.340 bits per heavy atom. The smallest absolute Gasteiger partial charge is 0.462 e. The number of unbranched alkanes of at least 4 members (excludes halogenated alkanes) is 41. The molecule has 0 radical (unpaired) electrons. The molecule has 3 N–H and O–H groups in total. The van der Waals surface area contributed by atoms with Gasteiger partial charge in [0.25, 0.3) is 0 Å². The lowest BCUT2D eigenvalue weighted by molar-refractivity contribution is -0.161. The Hall–Kier alpha value is -2.46.